The highest BCUT2D eigenvalue weighted by Crippen LogP contribution is 2.38. The van der Waals surface area contributed by atoms with Crippen LogP contribution in [0.1, 0.15) is 40.1 Å². The highest BCUT2D eigenvalue weighted by Gasteiger charge is 2.24. The van der Waals surface area contributed by atoms with E-state index < -0.39 is 5.91 Å². The van der Waals surface area contributed by atoms with Crippen LogP contribution in [0.15, 0.2) is 52.9 Å². The lowest BCUT2D eigenvalue weighted by Crippen LogP contribution is -2.20. The third kappa shape index (κ3) is 3.91. The molecule has 0 unspecified atom stereocenters. The molecule has 2 aromatic carbocycles. The molecule has 3 N–H and O–H groups in total. The Kier molecular flexibility index (Phi) is 5.46. The van der Waals surface area contributed by atoms with E-state index in [9.17, 15) is 4.79 Å². The quantitative estimate of drug-likeness (QED) is 0.467. The number of carbonyl (C=O) groups excluding carboxylic acids is 1. The fourth-order valence-electron chi connectivity index (χ4n) is 4.52. The fraction of sp³-hybridized carbons (Fsp3) is 0.269. The lowest BCUT2D eigenvalue weighted by atomic mass is 10.1. The van der Waals surface area contributed by atoms with Crippen molar-refractivity contribution in [3.05, 3.63) is 71.0 Å². The molecular weight excluding hydrogens is 414 g/mol. The molecule has 3 heterocycles. The van der Waals surface area contributed by atoms with Gasteiger partial charge in [-0.1, -0.05) is 42.5 Å². The molecule has 0 bridgehead atoms. The molecule has 4 aromatic rings. The van der Waals surface area contributed by atoms with Gasteiger partial charge in [-0.25, -0.2) is 9.97 Å². The first-order chi connectivity index (χ1) is 16.0. The molecule has 0 atom stereocenters. The summed E-state index contributed by atoms with van der Waals surface area (Å²) in [5.41, 5.74) is 9.52. The number of hydrogen-bond acceptors (Lipinski definition) is 6. The second kappa shape index (κ2) is 8.58. The van der Waals surface area contributed by atoms with Gasteiger partial charge in [0.05, 0.1) is 11.1 Å². The van der Waals surface area contributed by atoms with Crippen LogP contribution in [0.25, 0.3) is 22.4 Å². The molecular formula is C26H27N5O2. The summed E-state index contributed by atoms with van der Waals surface area (Å²) >= 11 is 0. The number of fused-ring (bicyclic) bond motifs is 2. The minimum atomic E-state index is -0.520. The summed E-state index contributed by atoms with van der Waals surface area (Å²) in [7, 11) is 2.08. The second-order valence-electron chi connectivity index (χ2n) is 8.50. The Hall–Kier alpha value is -3.87. The maximum absolute atomic E-state index is 11.9. The molecule has 0 saturated heterocycles. The normalized spacial score (nSPS) is 13.6. The third-order valence-corrected chi connectivity index (χ3v) is 6.20. The summed E-state index contributed by atoms with van der Waals surface area (Å²) in [5, 5.41) is 4.34. The number of benzene rings is 2. The summed E-state index contributed by atoms with van der Waals surface area (Å²) in [6, 6.07) is 15.7. The summed E-state index contributed by atoms with van der Waals surface area (Å²) in [6.07, 6.45) is 3.12. The van der Waals surface area contributed by atoms with Crippen LogP contribution in [0, 0.1) is 6.92 Å². The van der Waals surface area contributed by atoms with Gasteiger partial charge >= 0.3 is 0 Å². The number of furan rings is 1. The zero-order chi connectivity index (χ0) is 22.9. The van der Waals surface area contributed by atoms with Crippen molar-refractivity contribution in [2.24, 2.45) is 5.73 Å². The molecule has 168 valence electrons. The van der Waals surface area contributed by atoms with Gasteiger partial charge in [0.15, 0.2) is 5.82 Å². The van der Waals surface area contributed by atoms with E-state index in [1.807, 2.05) is 37.3 Å². The van der Waals surface area contributed by atoms with Gasteiger partial charge in [0.2, 0.25) is 0 Å². The number of carbonyl (C=O) groups is 1. The highest BCUT2D eigenvalue weighted by atomic mass is 16.3. The minimum absolute atomic E-state index is 0.358. The number of anilines is 2. The Bertz CT molecular complexity index is 1330. The number of nitrogens with zero attached hydrogens (tertiary/aromatic N) is 3. The molecule has 0 saturated carbocycles. The average Bonchev–Trinajstić information content (AvgIpc) is 3.04. The van der Waals surface area contributed by atoms with Crippen LogP contribution in [-0.2, 0) is 13.0 Å². The first kappa shape index (κ1) is 21.0. The molecule has 7 nitrogen and oxygen atoms in total. The van der Waals surface area contributed by atoms with Gasteiger partial charge < -0.3 is 20.4 Å². The van der Waals surface area contributed by atoms with Gasteiger partial charge in [-0.05, 0) is 37.8 Å². The van der Waals surface area contributed by atoms with Crippen LogP contribution in [0.5, 0.6) is 0 Å². The lowest BCUT2D eigenvalue weighted by molar-refractivity contribution is 0.100. The van der Waals surface area contributed by atoms with Crippen molar-refractivity contribution in [1.29, 1.82) is 0 Å². The predicted molar refractivity (Wildman–Crippen MR) is 130 cm³/mol. The number of primary amides is 1. The summed E-state index contributed by atoms with van der Waals surface area (Å²) in [4.78, 5) is 24.1. The predicted octanol–water partition coefficient (Wildman–Crippen LogP) is 4.68. The molecule has 0 radical (unpaired) electrons. The van der Waals surface area contributed by atoms with Gasteiger partial charge in [-0.15, -0.1) is 0 Å². The van der Waals surface area contributed by atoms with E-state index in [4.69, 9.17) is 20.1 Å². The molecule has 5 rings (SSSR count). The largest absolute Gasteiger partial charge is 0.460 e. The Morgan fingerprint density at radius 3 is 2.73 bits per heavy atom. The molecule has 1 aliphatic rings. The van der Waals surface area contributed by atoms with E-state index in [2.05, 4.69) is 29.4 Å². The van der Waals surface area contributed by atoms with Crippen molar-refractivity contribution in [2.45, 2.75) is 32.7 Å². The van der Waals surface area contributed by atoms with E-state index >= 15 is 0 Å². The first-order valence-electron chi connectivity index (χ1n) is 11.2. The van der Waals surface area contributed by atoms with Crippen LogP contribution < -0.4 is 16.0 Å². The number of rotatable bonds is 5. The van der Waals surface area contributed by atoms with Gasteiger partial charge in [0.1, 0.15) is 23.0 Å². The Labute approximate surface area is 192 Å². The standard InChI is InChI=1S/C26H27N5O2/c1-16-21(18-12-8-13-19(23(27)32)22(18)33-16)25-29-24(28-15-17-9-4-3-5-10-17)20-11-6-7-14-31(2)26(20)30-25/h3-5,8-10,12-13H,6-7,11,14-15H2,1-2H3,(H2,27,32)(H,28,29,30). The van der Waals surface area contributed by atoms with E-state index in [-0.39, 0.29) is 0 Å². The second-order valence-corrected chi connectivity index (χ2v) is 8.50. The number of nitrogens with two attached hydrogens (primary N) is 1. The number of hydrogen-bond donors (Lipinski definition) is 2. The van der Waals surface area contributed by atoms with Gasteiger partial charge in [-0.3, -0.25) is 4.79 Å². The highest BCUT2D eigenvalue weighted by molar-refractivity contribution is 6.08. The SMILES string of the molecule is Cc1oc2c(C(N)=O)cccc2c1-c1nc(NCc2ccccc2)c2c(n1)N(C)CCCC2. The van der Waals surface area contributed by atoms with E-state index in [0.29, 0.717) is 29.3 Å². The molecule has 0 fully saturated rings. The molecule has 7 heteroatoms. The summed E-state index contributed by atoms with van der Waals surface area (Å²) < 4.78 is 6.00. The van der Waals surface area contributed by atoms with Crippen LogP contribution >= 0.6 is 0 Å². The van der Waals surface area contributed by atoms with Crippen molar-refractivity contribution in [3.63, 3.8) is 0 Å². The Morgan fingerprint density at radius 1 is 1.12 bits per heavy atom. The first-order valence-corrected chi connectivity index (χ1v) is 11.2. The average molecular weight is 442 g/mol. The van der Waals surface area contributed by atoms with Crippen molar-refractivity contribution in [1.82, 2.24) is 9.97 Å². The number of para-hydroxylation sites is 1. The molecule has 1 aliphatic heterocycles. The smallest absolute Gasteiger partial charge is 0.252 e. The molecule has 1 amide bonds. The van der Waals surface area contributed by atoms with Crippen LogP contribution in [0.2, 0.25) is 0 Å². The third-order valence-electron chi connectivity index (χ3n) is 6.20. The van der Waals surface area contributed by atoms with Gasteiger partial charge in [0, 0.05) is 31.1 Å². The molecule has 0 aliphatic carbocycles. The van der Waals surface area contributed by atoms with Crippen molar-refractivity contribution >= 4 is 28.5 Å². The molecule has 0 spiro atoms. The maximum atomic E-state index is 11.9. The fourth-order valence-corrected chi connectivity index (χ4v) is 4.52. The van der Waals surface area contributed by atoms with Crippen LogP contribution in [-0.4, -0.2) is 29.5 Å². The zero-order valence-electron chi connectivity index (χ0n) is 18.9. The Morgan fingerprint density at radius 2 is 1.94 bits per heavy atom. The van der Waals surface area contributed by atoms with Crippen molar-refractivity contribution in [3.8, 4) is 11.4 Å². The number of aryl methyl sites for hydroxylation is 1. The summed E-state index contributed by atoms with van der Waals surface area (Å²) in [5.74, 6) is 2.49. The van der Waals surface area contributed by atoms with Crippen LogP contribution in [0.3, 0.4) is 0 Å². The van der Waals surface area contributed by atoms with E-state index in [1.165, 1.54) is 5.56 Å². The molecule has 33 heavy (non-hydrogen) atoms. The Balaban J connectivity index is 1.66. The zero-order valence-corrected chi connectivity index (χ0v) is 18.9. The number of nitrogens with one attached hydrogen (secondary N) is 1. The van der Waals surface area contributed by atoms with Crippen molar-refractivity contribution in [2.75, 3.05) is 23.8 Å². The van der Waals surface area contributed by atoms with E-state index in [1.54, 1.807) is 6.07 Å². The maximum Gasteiger partial charge on any atom is 0.252 e. The van der Waals surface area contributed by atoms with Gasteiger partial charge in [0.25, 0.3) is 5.91 Å². The molecule has 2 aromatic heterocycles. The summed E-state index contributed by atoms with van der Waals surface area (Å²) in [6.45, 7) is 3.48. The number of amides is 1. The van der Waals surface area contributed by atoms with Crippen molar-refractivity contribution < 1.29 is 9.21 Å². The van der Waals surface area contributed by atoms with Crippen LogP contribution in [0.4, 0.5) is 11.6 Å². The minimum Gasteiger partial charge on any atom is -0.460 e. The topological polar surface area (TPSA) is 97.3 Å². The number of aromatic nitrogens is 2. The lowest BCUT2D eigenvalue weighted by Gasteiger charge is -2.21. The van der Waals surface area contributed by atoms with E-state index in [0.717, 1.165) is 54.0 Å². The van der Waals surface area contributed by atoms with Gasteiger partial charge in [-0.2, -0.15) is 0 Å². The monoisotopic (exact) mass is 441 g/mol.